The van der Waals surface area contributed by atoms with Gasteiger partial charge in [0, 0.05) is 16.9 Å². The molecule has 0 spiro atoms. The van der Waals surface area contributed by atoms with Crippen molar-refractivity contribution in [3.63, 3.8) is 0 Å². The third-order valence-corrected chi connectivity index (χ3v) is 7.34. The number of rotatable bonds is 7. The first-order valence-corrected chi connectivity index (χ1v) is 12.3. The highest BCUT2D eigenvalue weighted by atomic mass is 35.5. The number of sulfonamides is 1. The lowest BCUT2D eigenvalue weighted by molar-refractivity contribution is 0.102. The number of para-hydroxylation sites is 1. The minimum absolute atomic E-state index is 0.0427. The molecule has 32 heavy (non-hydrogen) atoms. The topological polar surface area (TPSA) is 75.3 Å². The smallest absolute Gasteiger partial charge is 0.263 e. The number of halogens is 1. The van der Waals surface area contributed by atoms with Crippen LogP contribution in [0.4, 0.5) is 11.4 Å². The minimum atomic E-state index is -3.99. The van der Waals surface area contributed by atoms with Crippen LogP contribution in [-0.4, -0.2) is 14.3 Å². The molecule has 1 amide bonds. The van der Waals surface area contributed by atoms with Crippen molar-refractivity contribution in [2.75, 3.05) is 10.0 Å². The lowest BCUT2D eigenvalue weighted by Gasteiger charge is -2.15. The van der Waals surface area contributed by atoms with Crippen LogP contribution in [0.15, 0.2) is 59.5 Å². The second kappa shape index (κ2) is 9.76. The van der Waals surface area contributed by atoms with Gasteiger partial charge in [0.25, 0.3) is 15.9 Å². The Balaban J connectivity index is 1.93. The summed E-state index contributed by atoms with van der Waals surface area (Å²) in [6.07, 6.45) is 1.53. The minimum Gasteiger partial charge on any atom is -0.321 e. The third-order valence-electron chi connectivity index (χ3n) is 5.48. The average molecular weight is 471 g/mol. The van der Waals surface area contributed by atoms with E-state index in [2.05, 4.69) is 10.0 Å². The summed E-state index contributed by atoms with van der Waals surface area (Å²) >= 11 is 6.21. The number of carbonyl (C=O) groups excluding carboxylic acids is 1. The van der Waals surface area contributed by atoms with Crippen LogP contribution in [-0.2, 0) is 22.9 Å². The first-order valence-electron chi connectivity index (χ1n) is 10.5. The SMILES string of the molecule is CCc1cccc(CC)c1NC(=O)c1ccc(Cl)c(S(=O)(=O)Nc2ccc(C)c(C)c2)c1. The van der Waals surface area contributed by atoms with Gasteiger partial charge in [-0.1, -0.05) is 49.7 Å². The van der Waals surface area contributed by atoms with Gasteiger partial charge in [-0.2, -0.15) is 0 Å². The summed E-state index contributed by atoms with van der Waals surface area (Å²) < 4.78 is 28.6. The maximum atomic E-state index is 13.0. The molecule has 0 fully saturated rings. The van der Waals surface area contributed by atoms with Crippen LogP contribution in [0.3, 0.4) is 0 Å². The van der Waals surface area contributed by atoms with Crippen molar-refractivity contribution in [2.45, 2.75) is 45.4 Å². The Labute approximate surface area is 194 Å². The Morgan fingerprint density at radius 3 is 2.16 bits per heavy atom. The van der Waals surface area contributed by atoms with Crippen LogP contribution < -0.4 is 10.0 Å². The number of benzene rings is 3. The quantitative estimate of drug-likeness (QED) is 0.435. The Kier molecular flexibility index (Phi) is 7.26. The predicted octanol–water partition coefficient (Wildman–Crippen LogP) is 6.13. The highest BCUT2D eigenvalue weighted by molar-refractivity contribution is 7.92. The molecule has 0 aliphatic heterocycles. The molecule has 0 aliphatic rings. The van der Waals surface area contributed by atoms with Crippen molar-refractivity contribution in [3.05, 3.63) is 87.4 Å². The van der Waals surface area contributed by atoms with Crippen molar-refractivity contribution >= 4 is 38.9 Å². The van der Waals surface area contributed by atoms with Gasteiger partial charge in [-0.15, -0.1) is 0 Å². The highest BCUT2D eigenvalue weighted by Crippen LogP contribution is 2.28. The van der Waals surface area contributed by atoms with E-state index >= 15 is 0 Å². The Hall–Kier alpha value is -2.83. The van der Waals surface area contributed by atoms with Crippen molar-refractivity contribution < 1.29 is 13.2 Å². The molecule has 168 valence electrons. The molecule has 3 aromatic carbocycles. The van der Waals surface area contributed by atoms with E-state index in [1.54, 1.807) is 12.1 Å². The normalized spacial score (nSPS) is 11.3. The zero-order chi connectivity index (χ0) is 23.5. The van der Waals surface area contributed by atoms with E-state index in [1.165, 1.54) is 18.2 Å². The van der Waals surface area contributed by atoms with Gasteiger partial charge in [-0.25, -0.2) is 8.42 Å². The molecule has 0 saturated carbocycles. The Bertz CT molecular complexity index is 1250. The van der Waals surface area contributed by atoms with Crippen molar-refractivity contribution in [2.24, 2.45) is 0 Å². The van der Waals surface area contributed by atoms with Gasteiger partial charge >= 0.3 is 0 Å². The summed E-state index contributed by atoms with van der Waals surface area (Å²) in [5.41, 5.74) is 5.49. The second-order valence-electron chi connectivity index (χ2n) is 7.66. The number of hydrogen-bond donors (Lipinski definition) is 2. The van der Waals surface area contributed by atoms with Crippen LogP contribution in [0.25, 0.3) is 0 Å². The highest BCUT2D eigenvalue weighted by Gasteiger charge is 2.21. The summed E-state index contributed by atoms with van der Waals surface area (Å²) in [7, 11) is -3.99. The fraction of sp³-hybridized carbons (Fsp3) is 0.240. The van der Waals surface area contributed by atoms with E-state index in [4.69, 9.17) is 11.6 Å². The van der Waals surface area contributed by atoms with E-state index in [0.29, 0.717) is 5.69 Å². The summed E-state index contributed by atoms with van der Waals surface area (Å²) in [6, 6.07) is 15.5. The molecule has 0 aliphatic carbocycles. The lowest BCUT2D eigenvalue weighted by Crippen LogP contribution is -2.17. The van der Waals surface area contributed by atoms with E-state index in [9.17, 15) is 13.2 Å². The molecule has 0 atom stereocenters. The molecule has 0 heterocycles. The number of nitrogens with one attached hydrogen (secondary N) is 2. The zero-order valence-corrected chi connectivity index (χ0v) is 20.2. The molecule has 3 rings (SSSR count). The van der Waals surface area contributed by atoms with Crippen LogP contribution in [0.2, 0.25) is 5.02 Å². The van der Waals surface area contributed by atoms with Gasteiger partial charge in [0.1, 0.15) is 4.90 Å². The average Bonchev–Trinajstić information content (AvgIpc) is 2.76. The second-order valence-corrected chi connectivity index (χ2v) is 9.72. The standard InChI is InChI=1S/C25H27ClN2O3S/c1-5-18-8-7-9-19(6-2)24(18)27-25(29)20-11-13-22(26)23(15-20)32(30,31)28-21-12-10-16(3)17(4)14-21/h7-15,28H,5-6H2,1-4H3,(H,27,29). The van der Waals surface area contributed by atoms with Gasteiger partial charge < -0.3 is 5.32 Å². The van der Waals surface area contributed by atoms with Gasteiger partial charge in [-0.3, -0.25) is 9.52 Å². The Morgan fingerprint density at radius 1 is 0.906 bits per heavy atom. The Morgan fingerprint density at radius 2 is 1.56 bits per heavy atom. The van der Waals surface area contributed by atoms with E-state index in [0.717, 1.165) is 40.8 Å². The largest absolute Gasteiger partial charge is 0.321 e. The molecular weight excluding hydrogens is 444 g/mol. The van der Waals surface area contributed by atoms with Crippen LogP contribution in [0.5, 0.6) is 0 Å². The van der Waals surface area contributed by atoms with Crippen molar-refractivity contribution in [1.82, 2.24) is 0 Å². The van der Waals surface area contributed by atoms with E-state index in [1.807, 2.05) is 52.0 Å². The number of anilines is 2. The summed E-state index contributed by atoms with van der Waals surface area (Å²) in [6.45, 7) is 7.91. The van der Waals surface area contributed by atoms with Crippen molar-refractivity contribution in [3.8, 4) is 0 Å². The molecule has 2 N–H and O–H groups in total. The molecule has 0 saturated heterocycles. The maximum Gasteiger partial charge on any atom is 0.263 e. The number of carbonyl (C=O) groups is 1. The number of hydrogen-bond acceptors (Lipinski definition) is 3. The number of aryl methyl sites for hydroxylation is 4. The van der Waals surface area contributed by atoms with Gasteiger partial charge in [0.2, 0.25) is 0 Å². The first-order chi connectivity index (χ1) is 15.2. The zero-order valence-electron chi connectivity index (χ0n) is 18.6. The first kappa shape index (κ1) is 23.8. The molecule has 3 aromatic rings. The van der Waals surface area contributed by atoms with Gasteiger partial charge in [-0.05, 0) is 79.3 Å². The lowest BCUT2D eigenvalue weighted by atomic mass is 10.0. The van der Waals surface area contributed by atoms with Crippen molar-refractivity contribution in [1.29, 1.82) is 0 Å². The molecular formula is C25H27ClN2O3S. The molecule has 0 unspecified atom stereocenters. The van der Waals surface area contributed by atoms with Crippen LogP contribution in [0, 0.1) is 13.8 Å². The third kappa shape index (κ3) is 5.14. The van der Waals surface area contributed by atoms with Gasteiger partial charge in [0.05, 0.1) is 5.02 Å². The van der Waals surface area contributed by atoms with Crippen LogP contribution >= 0.6 is 11.6 Å². The predicted molar refractivity (Wildman–Crippen MR) is 131 cm³/mol. The molecule has 0 aromatic heterocycles. The fourth-order valence-corrected chi connectivity index (χ4v) is 5.03. The summed E-state index contributed by atoms with van der Waals surface area (Å²) in [5, 5.41) is 3.00. The molecule has 0 bridgehead atoms. The van der Waals surface area contributed by atoms with E-state index in [-0.39, 0.29) is 21.4 Å². The molecule has 7 heteroatoms. The van der Waals surface area contributed by atoms with Gasteiger partial charge in [0.15, 0.2) is 0 Å². The maximum absolute atomic E-state index is 13.0. The van der Waals surface area contributed by atoms with Crippen LogP contribution in [0.1, 0.15) is 46.5 Å². The summed E-state index contributed by atoms with van der Waals surface area (Å²) in [4.78, 5) is 12.9. The van der Waals surface area contributed by atoms with E-state index < -0.39 is 10.0 Å². The fourth-order valence-electron chi connectivity index (χ4n) is 3.45. The summed E-state index contributed by atoms with van der Waals surface area (Å²) in [5.74, 6) is -0.389. The monoisotopic (exact) mass is 470 g/mol. The molecule has 0 radical (unpaired) electrons. The molecule has 5 nitrogen and oxygen atoms in total. The number of amides is 1.